The molecular weight excluding hydrogens is 326 g/mol. The third-order valence-corrected chi connectivity index (χ3v) is 5.13. The lowest BCUT2D eigenvalue weighted by Gasteiger charge is -2.17. The molecule has 114 valence electrons. The van der Waals surface area contributed by atoms with Crippen molar-refractivity contribution in [1.29, 1.82) is 0 Å². The number of thiol groups is 1. The van der Waals surface area contributed by atoms with E-state index in [4.69, 9.17) is 9.79 Å². The van der Waals surface area contributed by atoms with E-state index in [2.05, 4.69) is 22.6 Å². The van der Waals surface area contributed by atoms with Crippen LogP contribution in [0.2, 0.25) is 0 Å². The SMILES string of the molecule is O=P(O)(O)CC(c1ncc(CCCS)cn1)P(=O)(O)O. The van der Waals surface area contributed by atoms with Crippen LogP contribution in [0.4, 0.5) is 0 Å². The van der Waals surface area contributed by atoms with E-state index >= 15 is 0 Å². The third kappa shape index (κ3) is 6.01. The van der Waals surface area contributed by atoms with Gasteiger partial charge in [-0.15, -0.1) is 0 Å². The second-order valence-corrected chi connectivity index (χ2v) is 8.17. The Morgan fingerprint density at radius 2 is 1.70 bits per heavy atom. The van der Waals surface area contributed by atoms with Crippen LogP contribution in [0.25, 0.3) is 0 Å². The lowest BCUT2D eigenvalue weighted by atomic mass is 10.2. The molecule has 1 aromatic heterocycles. The minimum Gasteiger partial charge on any atom is -0.324 e. The molecule has 0 aliphatic heterocycles. The van der Waals surface area contributed by atoms with E-state index in [1.807, 2.05) is 0 Å². The molecule has 1 unspecified atom stereocenters. The Morgan fingerprint density at radius 3 is 2.10 bits per heavy atom. The fourth-order valence-corrected chi connectivity index (χ4v) is 4.21. The van der Waals surface area contributed by atoms with E-state index in [0.717, 1.165) is 12.0 Å². The molecule has 0 amide bonds. The van der Waals surface area contributed by atoms with Gasteiger partial charge in [0.1, 0.15) is 11.5 Å². The van der Waals surface area contributed by atoms with Crippen molar-refractivity contribution in [3.05, 3.63) is 23.8 Å². The highest BCUT2D eigenvalue weighted by atomic mass is 32.1. The molecule has 20 heavy (non-hydrogen) atoms. The summed E-state index contributed by atoms with van der Waals surface area (Å²) < 4.78 is 22.3. The van der Waals surface area contributed by atoms with E-state index in [9.17, 15) is 18.9 Å². The van der Waals surface area contributed by atoms with Crippen LogP contribution in [0.1, 0.15) is 23.5 Å². The van der Waals surface area contributed by atoms with Crippen LogP contribution in [0.5, 0.6) is 0 Å². The molecule has 1 heterocycles. The summed E-state index contributed by atoms with van der Waals surface area (Å²) in [6.45, 7) is 0. The summed E-state index contributed by atoms with van der Waals surface area (Å²) in [5.74, 6) is 0.418. The molecule has 0 bridgehead atoms. The summed E-state index contributed by atoms with van der Waals surface area (Å²) in [7, 11) is -9.36. The normalized spacial score (nSPS) is 14.2. The average Bonchev–Trinajstić information content (AvgIpc) is 2.32. The van der Waals surface area contributed by atoms with Gasteiger partial charge >= 0.3 is 15.2 Å². The van der Waals surface area contributed by atoms with Crippen molar-refractivity contribution >= 4 is 27.8 Å². The predicted octanol–water partition coefficient (Wildman–Crippen LogP) is 0.735. The van der Waals surface area contributed by atoms with Crippen LogP contribution in [0.3, 0.4) is 0 Å². The van der Waals surface area contributed by atoms with Gasteiger partial charge in [0.25, 0.3) is 0 Å². The highest BCUT2D eigenvalue weighted by molar-refractivity contribution is 7.80. The molecule has 0 aromatic carbocycles. The maximum atomic E-state index is 11.3. The first-order chi connectivity index (χ1) is 9.13. The Hall–Kier alpha value is -0.270. The average molecular weight is 342 g/mol. The van der Waals surface area contributed by atoms with E-state index in [1.54, 1.807) is 0 Å². The fourth-order valence-electron chi connectivity index (χ4n) is 1.51. The first-order valence-corrected chi connectivity index (χ1v) is 9.76. The van der Waals surface area contributed by atoms with Crippen LogP contribution >= 0.6 is 27.8 Å². The molecular formula is C9H16N2O6P2S. The zero-order chi connectivity index (χ0) is 15.4. The van der Waals surface area contributed by atoms with Crippen molar-refractivity contribution in [2.24, 2.45) is 0 Å². The van der Waals surface area contributed by atoms with Gasteiger partial charge in [-0.3, -0.25) is 9.13 Å². The highest BCUT2D eigenvalue weighted by Crippen LogP contribution is 2.56. The van der Waals surface area contributed by atoms with Gasteiger partial charge in [0, 0.05) is 12.4 Å². The summed E-state index contributed by atoms with van der Waals surface area (Å²) in [4.78, 5) is 43.8. The smallest absolute Gasteiger partial charge is 0.324 e. The predicted molar refractivity (Wildman–Crippen MR) is 75.9 cm³/mol. The summed E-state index contributed by atoms with van der Waals surface area (Å²) >= 11 is 4.06. The maximum absolute atomic E-state index is 11.3. The first kappa shape index (κ1) is 17.8. The van der Waals surface area contributed by atoms with E-state index < -0.39 is 27.0 Å². The molecule has 11 heteroatoms. The Labute approximate surface area is 121 Å². The number of aryl methyl sites for hydroxylation is 1. The van der Waals surface area contributed by atoms with Crippen molar-refractivity contribution in [2.75, 3.05) is 11.9 Å². The molecule has 0 spiro atoms. The van der Waals surface area contributed by atoms with Gasteiger partial charge in [-0.25, -0.2) is 9.97 Å². The number of nitrogens with zero attached hydrogens (tertiary/aromatic N) is 2. The Balaban J connectivity index is 2.97. The van der Waals surface area contributed by atoms with Gasteiger partial charge < -0.3 is 19.6 Å². The second kappa shape index (κ2) is 7.13. The molecule has 0 aliphatic carbocycles. The number of aromatic nitrogens is 2. The molecule has 0 aliphatic rings. The van der Waals surface area contributed by atoms with Gasteiger partial charge in [-0.1, -0.05) is 0 Å². The van der Waals surface area contributed by atoms with Crippen LogP contribution in [-0.2, 0) is 15.6 Å². The van der Waals surface area contributed by atoms with Crippen molar-refractivity contribution in [3.8, 4) is 0 Å². The highest BCUT2D eigenvalue weighted by Gasteiger charge is 2.38. The minimum absolute atomic E-state index is 0.267. The molecule has 1 aromatic rings. The maximum Gasteiger partial charge on any atom is 0.336 e. The largest absolute Gasteiger partial charge is 0.336 e. The standard InChI is InChI=1S/C9H16N2O6P2S/c12-18(13,14)6-8(19(15,16)17)9-10-4-7(5-11-9)2-1-3-20/h4-5,8,20H,1-3,6H2,(H2,12,13,14)(H2,15,16,17). The van der Waals surface area contributed by atoms with Crippen LogP contribution in [0.15, 0.2) is 12.4 Å². The summed E-state index contributed by atoms with van der Waals surface area (Å²) in [6.07, 6.45) is 3.27. The van der Waals surface area contributed by atoms with Crippen LogP contribution in [0, 0.1) is 0 Å². The summed E-state index contributed by atoms with van der Waals surface area (Å²) in [6, 6.07) is 0. The Bertz CT molecular complexity index is 528. The van der Waals surface area contributed by atoms with E-state index in [0.29, 0.717) is 12.2 Å². The zero-order valence-electron chi connectivity index (χ0n) is 10.4. The fraction of sp³-hybridized carbons (Fsp3) is 0.556. The Morgan fingerprint density at radius 1 is 1.15 bits per heavy atom. The molecule has 1 atom stereocenters. The topological polar surface area (TPSA) is 141 Å². The minimum atomic E-state index is -4.76. The number of rotatable bonds is 7. The molecule has 1 rings (SSSR count). The van der Waals surface area contributed by atoms with Gasteiger partial charge in [0.05, 0.1) is 6.16 Å². The van der Waals surface area contributed by atoms with Gasteiger partial charge in [-0.2, -0.15) is 12.6 Å². The van der Waals surface area contributed by atoms with Crippen molar-refractivity contribution in [3.63, 3.8) is 0 Å². The summed E-state index contributed by atoms with van der Waals surface area (Å²) in [5.41, 5.74) is -0.939. The van der Waals surface area contributed by atoms with Crippen LogP contribution in [-0.4, -0.2) is 41.5 Å². The second-order valence-electron chi connectivity index (χ2n) is 4.23. The lowest BCUT2D eigenvalue weighted by Crippen LogP contribution is -2.10. The Kier molecular flexibility index (Phi) is 6.34. The summed E-state index contributed by atoms with van der Waals surface area (Å²) in [5, 5.41) is 0. The molecule has 0 saturated carbocycles. The molecule has 0 saturated heterocycles. The monoisotopic (exact) mass is 342 g/mol. The van der Waals surface area contributed by atoms with Crippen molar-refractivity contribution in [2.45, 2.75) is 18.5 Å². The zero-order valence-corrected chi connectivity index (χ0v) is 13.1. The molecule has 0 fully saturated rings. The lowest BCUT2D eigenvalue weighted by molar-refractivity contribution is 0.345. The van der Waals surface area contributed by atoms with E-state index in [1.165, 1.54) is 12.4 Å². The van der Waals surface area contributed by atoms with Gasteiger partial charge in [0.2, 0.25) is 0 Å². The van der Waals surface area contributed by atoms with Gasteiger partial charge in [-0.05, 0) is 24.2 Å². The molecule has 8 nitrogen and oxygen atoms in total. The molecule has 4 N–H and O–H groups in total. The first-order valence-electron chi connectivity index (χ1n) is 5.65. The quantitative estimate of drug-likeness (QED) is 0.361. The van der Waals surface area contributed by atoms with Gasteiger partial charge in [0.15, 0.2) is 0 Å². The van der Waals surface area contributed by atoms with Crippen LogP contribution < -0.4 is 0 Å². The van der Waals surface area contributed by atoms with Crippen molar-refractivity contribution < 1.29 is 28.7 Å². The number of hydrogen-bond acceptors (Lipinski definition) is 5. The third-order valence-electron chi connectivity index (χ3n) is 2.46. The number of hydrogen-bond donors (Lipinski definition) is 5. The molecule has 0 radical (unpaired) electrons. The van der Waals surface area contributed by atoms with E-state index in [-0.39, 0.29) is 5.82 Å². The van der Waals surface area contributed by atoms with Crippen molar-refractivity contribution in [1.82, 2.24) is 9.97 Å².